The molecule has 0 saturated carbocycles. The predicted molar refractivity (Wildman–Crippen MR) is 82.3 cm³/mol. The zero-order chi connectivity index (χ0) is 15.6. The van der Waals surface area contributed by atoms with Gasteiger partial charge in [0.2, 0.25) is 0 Å². The first-order valence-corrected chi connectivity index (χ1v) is 8.88. The summed E-state index contributed by atoms with van der Waals surface area (Å²) in [5.74, 6) is -0.399. The molecule has 0 aliphatic rings. The summed E-state index contributed by atoms with van der Waals surface area (Å²) in [4.78, 5) is 0.150. The Morgan fingerprint density at radius 2 is 1.90 bits per heavy atom. The fourth-order valence-corrected chi connectivity index (χ4v) is 3.09. The first kappa shape index (κ1) is 16.1. The molecule has 3 nitrogen and oxygen atoms in total. The van der Waals surface area contributed by atoms with Gasteiger partial charge in [-0.2, -0.15) is 0 Å². The van der Waals surface area contributed by atoms with Gasteiger partial charge in [-0.05, 0) is 45.3 Å². The number of aliphatic hydroxyl groups is 1. The van der Waals surface area contributed by atoms with Crippen LogP contribution in [-0.2, 0) is 16.3 Å². The van der Waals surface area contributed by atoms with Crippen molar-refractivity contribution in [2.75, 3.05) is 6.26 Å². The van der Waals surface area contributed by atoms with Crippen molar-refractivity contribution < 1.29 is 17.9 Å². The van der Waals surface area contributed by atoms with Gasteiger partial charge in [0.25, 0.3) is 0 Å². The lowest BCUT2D eigenvalue weighted by Gasteiger charge is -2.13. The van der Waals surface area contributed by atoms with Crippen molar-refractivity contribution in [2.45, 2.75) is 17.4 Å². The van der Waals surface area contributed by atoms with Crippen molar-refractivity contribution in [3.8, 4) is 0 Å². The zero-order valence-electron chi connectivity index (χ0n) is 11.3. The number of rotatable bonds is 4. The van der Waals surface area contributed by atoms with Crippen LogP contribution in [-0.4, -0.2) is 19.8 Å². The molecule has 1 atom stereocenters. The predicted octanol–water partition coefficient (Wildman–Crippen LogP) is 3.27. The third kappa shape index (κ3) is 3.90. The van der Waals surface area contributed by atoms with Crippen LogP contribution in [0.2, 0.25) is 0 Å². The molecule has 112 valence electrons. The van der Waals surface area contributed by atoms with Gasteiger partial charge in [-0.15, -0.1) is 0 Å². The van der Waals surface area contributed by atoms with E-state index in [0.717, 1.165) is 6.26 Å². The molecule has 1 unspecified atom stereocenters. The van der Waals surface area contributed by atoms with E-state index in [9.17, 15) is 17.9 Å². The molecule has 1 N–H and O–H groups in total. The molecule has 2 aromatic rings. The summed E-state index contributed by atoms with van der Waals surface area (Å²) in [6.45, 7) is 0. The summed E-state index contributed by atoms with van der Waals surface area (Å²) in [6, 6.07) is 10.7. The summed E-state index contributed by atoms with van der Waals surface area (Å²) in [5, 5.41) is 10.2. The molecule has 0 radical (unpaired) electrons. The van der Waals surface area contributed by atoms with Crippen molar-refractivity contribution >= 4 is 25.8 Å². The lowest BCUT2D eigenvalue weighted by molar-refractivity contribution is 0.178. The van der Waals surface area contributed by atoms with Crippen molar-refractivity contribution in [2.24, 2.45) is 0 Å². The topological polar surface area (TPSA) is 54.4 Å². The van der Waals surface area contributed by atoms with Crippen LogP contribution in [0.25, 0.3) is 0 Å². The van der Waals surface area contributed by atoms with Crippen molar-refractivity contribution in [1.29, 1.82) is 0 Å². The lowest BCUT2D eigenvalue weighted by atomic mass is 10.0. The van der Waals surface area contributed by atoms with Crippen LogP contribution in [0.1, 0.15) is 17.2 Å². The van der Waals surface area contributed by atoms with Crippen LogP contribution in [0.4, 0.5) is 4.39 Å². The van der Waals surface area contributed by atoms with E-state index in [0.29, 0.717) is 15.6 Å². The number of sulfone groups is 1. The maximum Gasteiger partial charge on any atom is 0.175 e. The smallest absolute Gasteiger partial charge is 0.175 e. The highest BCUT2D eigenvalue weighted by molar-refractivity contribution is 9.10. The van der Waals surface area contributed by atoms with E-state index >= 15 is 0 Å². The second-order valence-corrected chi connectivity index (χ2v) is 7.59. The van der Waals surface area contributed by atoms with Crippen LogP contribution >= 0.6 is 15.9 Å². The normalized spacial score (nSPS) is 13.1. The van der Waals surface area contributed by atoms with Gasteiger partial charge >= 0.3 is 0 Å². The molecule has 0 bridgehead atoms. The minimum atomic E-state index is -3.33. The molecule has 0 heterocycles. The summed E-state index contributed by atoms with van der Waals surface area (Å²) in [6.07, 6.45) is 0.387. The van der Waals surface area contributed by atoms with Gasteiger partial charge in [0.1, 0.15) is 5.82 Å². The maximum absolute atomic E-state index is 13.4. The van der Waals surface area contributed by atoms with E-state index in [1.807, 2.05) is 0 Å². The van der Waals surface area contributed by atoms with E-state index in [-0.39, 0.29) is 11.3 Å². The third-order valence-electron chi connectivity index (χ3n) is 3.12. The van der Waals surface area contributed by atoms with Crippen LogP contribution < -0.4 is 0 Å². The highest BCUT2D eigenvalue weighted by Gasteiger charge is 2.15. The third-order valence-corrected chi connectivity index (χ3v) is 5.11. The summed E-state index contributed by atoms with van der Waals surface area (Å²) in [5.41, 5.74) is 1.10. The van der Waals surface area contributed by atoms with E-state index in [4.69, 9.17) is 0 Å². The summed E-state index contributed by atoms with van der Waals surface area (Å²) in [7, 11) is -3.33. The van der Waals surface area contributed by atoms with E-state index < -0.39 is 21.8 Å². The number of hydrogen-bond acceptors (Lipinski definition) is 3. The number of halogens is 2. The van der Waals surface area contributed by atoms with Gasteiger partial charge < -0.3 is 5.11 Å². The van der Waals surface area contributed by atoms with Gasteiger partial charge in [0, 0.05) is 12.7 Å². The van der Waals surface area contributed by atoms with Gasteiger partial charge in [0.15, 0.2) is 9.84 Å². The summed E-state index contributed by atoms with van der Waals surface area (Å²) < 4.78 is 36.8. The maximum atomic E-state index is 13.4. The molecular formula is C15H14BrFO3S. The molecule has 0 aromatic heterocycles. The van der Waals surface area contributed by atoms with E-state index in [1.54, 1.807) is 24.3 Å². The van der Waals surface area contributed by atoms with Crippen molar-refractivity contribution in [3.63, 3.8) is 0 Å². The second kappa shape index (κ2) is 6.25. The van der Waals surface area contributed by atoms with Crippen molar-refractivity contribution in [1.82, 2.24) is 0 Å². The Balaban J connectivity index is 2.29. The lowest BCUT2D eigenvalue weighted by Crippen LogP contribution is -2.05. The van der Waals surface area contributed by atoms with Crippen molar-refractivity contribution in [3.05, 3.63) is 63.9 Å². The average Bonchev–Trinajstić information content (AvgIpc) is 2.43. The largest absolute Gasteiger partial charge is 0.388 e. The molecule has 0 aliphatic heterocycles. The fourth-order valence-electron chi connectivity index (χ4n) is 1.98. The highest BCUT2D eigenvalue weighted by atomic mass is 79.9. The molecule has 6 heteroatoms. The molecule has 0 spiro atoms. The minimum absolute atomic E-state index is 0.150. The second-order valence-electron chi connectivity index (χ2n) is 4.78. The number of aliphatic hydroxyl groups excluding tert-OH is 1. The molecular weight excluding hydrogens is 359 g/mol. The molecule has 21 heavy (non-hydrogen) atoms. The van der Waals surface area contributed by atoms with Crippen LogP contribution in [0.3, 0.4) is 0 Å². The summed E-state index contributed by atoms with van der Waals surface area (Å²) >= 11 is 3.15. The zero-order valence-corrected chi connectivity index (χ0v) is 13.7. The fraction of sp³-hybridized carbons (Fsp3) is 0.200. The average molecular weight is 373 g/mol. The monoisotopic (exact) mass is 372 g/mol. The standard InChI is InChI=1S/C15H14BrFO3S/c1-21(19,20)12-6-2-4-10(8-12)14(18)9-11-5-3-7-13(17)15(11)16/h2-8,14,18H,9H2,1H3. The Hall–Kier alpha value is -1.24. The quantitative estimate of drug-likeness (QED) is 0.895. The first-order chi connectivity index (χ1) is 9.79. The Morgan fingerprint density at radius 3 is 2.57 bits per heavy atom. The molecule has 0 aliphatic carbocycles. The Morgan fingerprint density at radius 1 is 1.24 bits per heavy atom. The van der Waals surface area contributed by atoms with Gasteiger partial charge in [-0.1, -0.05) is 24.3 Å². The highest BCUT2D eigenvalue weighted by Crippen LogP contribution is 2.26. The molecule has 2 aromatic carbocycles. The van der Waals surface area contributed by atoms with Gasteiger partial charge in [0.05, 0.1) is 15.5 Å². The molecule has 2 rings (SSSR count). The molecule has 0 amide bonds. The molecule has 0 fully saturated rings. The Kier molecular flexibility index (Phi) is 4.81. The Labute approximate surface area is 131 Å². The SMILES string of the molecule is CS(=O)(=O)c1cccc(C(O)Cc2cccc(F)c2Br)c1. The Bertz CT molecular complexity index is 759. The van der Waals surface area contributed by atoms with Gasteiger partial charge in [-0.3, -0.25) is 0 Å². The van der Waals surface area contributed by atoms with E-state index in [1.165, 1.54) is 18.2 Å². The van der Waals surface area contributed by atoms with Crippen LogP contribution in [0, 0.1) is 5.82 Å². The number of benzene rings is 2. The minimum Gasteiger partial charge on any atom is -0.388 e. The van der Waals surface area contributed by atoms with E-state index in [2.05, 4.69) is 15.9 Å². The molecule has 0 saturated heterocycles. The number of hydrogen-bond donors (Lipinski definition) is 1. The first-order valence-electron chi connectivity index (χ1n) is 6.20. The van der Waals surface area contributed by atoms with Crippen LogP contribution in [0.15, 0.2) is 51.8 Å². The van der Waals surface area contributed by atoms with Crippen LogP contribution in [0.5, 0.6) is 0 Å². The van der Waals surface area contributed by atoms with Gasteiger partial charge in [-0.25, -0.2) is 12.8 Å².